The van der Waals surface area contributed by atoms with Crippen molar-refractivity contribution in [3.63, 3.8) is 0 Å². The summed E-state index contributed by atoms with van der Waals surface area (Å²) in [5.74, 6) is 0.186. The topological polar surface area (TPSA) is 76.2 Å². The van der Waals surface area contributed by atoms with Crippen LogP contribution in [-0.2, 0) is 11.0 Å². The van der Waals surface area contributed by atoms with Gasteiger partial charge in [0.05, 0.1) is 19.8 Å². The van der Waals surface area contributed by atoms with Crippen LogP contribution in [0.4, 0.5) is 19.0 Å². The Morgan fingerprint density at radius 2 is 1.83 bits per heavy atom. The molecule has 0 fully saturated rings. The maximum atomic E-state index is 13.4. The molecule has 0 saturated carbocycles. The van der Waals surface area contributed by atoms with E-state index < -0.39 is 17.8 Å². The molecule has 6 nitrogen and oxygen atoms in total. The van der Waals surface area contributed by atoms with Crippen LogP contribution in [0.15, 0.2) is 54.6 Å². The van der Waals surface area contributed by atoms with Crippen molar-refractivity contribution in [1.82, 2.24) is 10.2 Å². The number of nitrogens with one attached hydrogen (secondary N) is 2. The first-order valence-corrected chi connectivity index (χ1v) is 8.75. The summed E-state index contributed by atoms with van der Waals surface area (Å²) in [6, 6.07) is 12.9. The van der Waals surface area contributed by atoms with E-state index in [1.165, 1.54) is 38.5 Å². The van der Waals surface area contributed by atoms with Crippen LogP contribution < -0.4 is 14.8 Å². The molecule has 0 spiro atoms. The number of aromatic nitrogens is 2. The summed E-state index contributed by atoms with van der Waals surface area (Å²) in [6.45, 7) is 0. The van der Waals surface area contributed by atoms with E-state index in [-0.39, 0.29) is 16.9 Å². The summed E-state index contributed by atoms with van der Waals surface area (Å²) < 4.78 is 50.5. The summed E-state index contributed by atoms with van der Waals surface area (Å²) in [7, 11) is 2.98. The van der Waals surface area contributed by atoms with E-state index in [1.807, 2.05) is 5.10 Å². The third-order valence-electron chi connectivity index (χ3n) is 4.20. The van der Waals surface area contributed by atoms with Crippen molar-refractivity contribution in [3.8, 4) is 22.6 Å². The molecule has 1 amide bonds. The monoisotopic (exact) mass is 417 g/mol. The number of aromatic amines is 1. The van der Waals surface area contributed by atoms with E-state index in [2.05, 4.69) is 10.4 Å². The Hall–Kier alpha value is -3.75. The van der Waals surface area contributed by atoms with E-state index in [1.54, 1.807) is 36.4 Å². The standard InChI is InChI=1S/C21H18F3N3O3/c1-29-15-9-10-16(30-2)14(12-15)8-11-17(28)25-20-18(13-6-4-3-5-7-13)19(26-27-20)21(22,23)24/h3-12H,1-2H3,(H2,25,26,27,28)/b11-8+. The molecule has 0 aliphatic carbocycles. The van der Waals surface area contributed by atoms with E-state index in [9.17, 15) is 18.0 Å². The molecule has 0 radical (unpaired) electrons. The fraction of sp³-hybridized carbons (Fsp3) is 0.143. The van der Waals surface area contributed by atoms with Crippen LogP contribution in [0, 0.1) is 0 Å². The van der Waals surface area contributed by atoms with Gasteiger partial charge in [0.25, 0.3) is 0 Å². The van der Waals surface area contributed by atoms with Crippen molar-refractivity contribution in [2.45, 2.75) is 6.18 Å². The second-order valence-electron chi connectivity index (χ2n) is 6.12. The molecule has 2 aromatic carbocycles. The van der Waals surface area contributed by atoms with Gasteiger partial charge in [-0.05, 0) is 29.8 Å². The highest BCUT2D eigenvalue weighted by molar-refractivity contribution is 6.03. The predicted molar refractivity (Wildman–Crippen MR) is 106 cm³/mol. The van der Waals surface area contributed by atoms with Gasteiger partial charge in [-0.15, -0.1) is 0 Å². The number of hydrogen-bond acceptors (Lipinski definition) is 4. The maximum absolute atomic E-state index is 13.4. The molecule has 9 heteroatoms. The fourth-order valence-electron chi connectivity index (χ4n) is 2.82. The van der Waals surface area contributed by atoms with Crippen LogP contribution in [0.5, 0.6) is 11.5 Å². The highest BCUT2D eigenvalue weighted by Crippen LogP contribution is 2.39. The maximum Gasteiger partial charge on any atom is 0.433 e. The normalized spacial score (nSPS) is 11.5. The molecule has 0 atom stereocenters. The average Bonchev–Trinajstić information content (AvgIpc) is 3.16. The lowest BCUT2D eigenvalue weighted by Crippen LogP contribution is -2.10. The minimum atomic E-state index is -4.66. The van der Waals surface area contributed by atoms with Crippen molar-refractivity contribution in [1.29, 1.82) is 0 Å². The minimum Gasteiger partial charge on any atom is -0.497 e. The summed E-state index contributed by atoms with van der Waals surface area (Å²) in [6.07, 6.45) is -2.02. The number of amides is 1. The zero-order valence-corrected chi connectivity index (χ0v) is 16.1. The molecule has 0 unspecified atom stereocenters. The van der Waals surface area contributed by atoms with Crippen LogP contribution in [-0.4, -0.2) is 30.3 Å². The molecule has 0 saturated heterocycles. The number of benzene rings is 2. The summed E-state index contributed by atoms with van der Waals surface area (Å²) in [5, 5.41) is 8.03. The van der Waals surface area contributed by atoms with Crippen LogP contribution in [0.25, 0.3) is 17.2 Å². The molecule has 1 aromatic heterocycles. The number of anilines is 1. The van der Waals surface area contributed by atoms with Crippen molar-refractivity contribution < 1.29 is 27.4 Å². The SMILES string of the molecule is COc1ccc(OC)c(/C=C/C(=O)Nc2n[nH]c(C(F)(F)F)c2-c2ccccc2)c1. The lowest BCUT2D eigenvalue weighted by molar-refractivity contribution is -0.140. The van der Waals surface area contributed by atoms with E-state index in [0.29, 0.717) is 17.1 Å². The zero-order chi connectivity index (χ0) is 21.7. The first kappa shape index (κ1) is 21.0. The van der Waals surface area contributed by atoms with Gasteiger partial charge in [0.2, 0.25) is 5.91 Å². The molecule has 0 aliphatic heterocycles. The number of ether oxygens (including phenoxy) is 2. The third kappa shape index (κ3) is 4.62. The lowest BCUT2D eigenvalue weighted by atomic mass is 10.1. The molecule has 30 heavy (non-hydrogen) atoms. The minimum absolute atomic E-state index is 0.221. The van der Waals surface area contributed by atoms with E-state index in [0.717, 1.165) is 0 Å². The molecular formula is C21H18F3N3O3. The van der Waals surface area contributed by atoms with Crippen molar-refractivity contribution in [2.75, 3.05) is 19.5 Å². The number of carbonyl (C=O) groups is 1. The van der Waals surface area contributed by atoms with Gasteiger partial charge in [-0.1, -0.05) is 30.3 Å². The smallest absolute Gasteiger partial charge is 0.433 e. The van der Waals surface area contributed by atoms with Crippen LogP contribution >= 0.6 is 0 Å². The second kappa shape index (κ2) is 8.73. The van der Waals surface area contributed by atoms with Crippen LogP contribution in [0.3, 0.4) is 0 Å². The van der Waals surface area contributed by atoms with E-state index in [4.69, 9.17) is 9.47 Å². The Balaban J connectivity index is 1.89. The number of methoxy groups -OCH3 is 2. The van der Waals surface area contributed by atoms with Crippen LogP contribution in [0.1, 0.15) is 11.3 Å². The Labute approximate surface area is 170 Å². The van der Waals surface area contributed by atoms with E-state index >= 15 is 0 Å². The van der Waals surface area contributed by atoms with Gasteiger partial charge in [-0.2, -0.15) is 18.3 Å². The van der Waals surface area contributed by atoms with Crippen molar-refractivity contribution in [3.05, 3.63) is 65.9 Å². The molecule has 2 N–H and O–H groups in total. The molecular weight excluding hydrogens is 399 g/mol. The van der Waals surface area contributed by atoms with Crippen molar-refractivity contribution in [2.24, 2.45) is 0 Å². The van der Waals surface area contributed by atoms with Crippen LogP contribution in [0.2, 0.25) is 0 Å². The lowest BCUT2D eigenvalue weighted by Gasteiger charge is -2.09. The number of halogens is 3. The Morgan fingerprint density at radius 1 is 1.10 bits per heavy atom. The molecule has 0 bridgehead atoms. The second-order valence-corrected chi connectivity index (χ2v) is 6.12. The van der Waals surface area contributed by atoms with Gasteiger partial charge in [-0.25, -0.2) is 0 Å². The van der Waals surface area contributed by atoms with Gasteiger partial charge in [0.15, 0.2) is 5.82 Å². The quantitative estimate of drug-likeness (QED) is 0.567. The first-order valence-electron chi connectivity index (χ1n) is 8.75. The predicted octanol–water partition coefficient (Wildman–Crippen LogP) is 4.76. The number of alkyl halides is 3. The average molecular weight is 417 g/mol. The number of hydrogen-bond donors (Lipinski definition) is 2. The van der Waals surface area contributed by atoms with Gasteiger partial charge in [0, 0.05) is 11.6 Å². The molecule has 1 heterocycles. The summed E-state index contributed by atoms with van der Waals surface area (Å²) in [5.41, 5.74) is -0.438. The zero-order valence-electron chi connectivity index (χ0n) is 16.1. The molecule has 156 valence electrons. The third-order valence-corrected chi connectivity index (χ3v) is 4.20. The Morgan fingerprint density at radius 3 is 2.47 bits per heavy atom. The number of carbonyl (C=O) groups excluding carboxylic acids is 1. The van der Waals surface area contributed by atoms with Gasteiger partial charge < -0.3 is 14.8 Å². The summed E-state index contributed by atoms with van der Waals surface area (Å²) in [4.78, 5) is 12.4. The number of rotatable bonds is 6. The molecule has 3 rings (SSSR count). The highest BCUT2D eigenvalue weighted by Gasteiger charge is 2.38. The summed E-state index contributed by atoms with van der Waals surface area (Å²) >= 11 is 0. The Kier molecular flexibility index (Phi) is 6.10. The van der Waals surface area contributed by atoms with Gasteiger partial charge >= 0.3 is 6.18 Å². The fourth-order valence-corrected chi connectivity index (χ4v) is 2.82. The van der Waals surface area contributed by atoms with Gasteiger partial charge in [-0.3, -0.25) is 9.89 Å². The number of H-pyrrole nitrogens is 1. The van der Waals surface area contributed by atoms with Gasteiger partial charge in [0.1, 0.15) is 17.2 Å². The largest absolute Gasteiger partial charge is 0.497 e. The Bertz CT molecular complexity index is 1060. The first-order chi connectivity index (χ1) is 14.3. The molecule has 3 aromatic rings. The molecule has 0 aliphatic rings. The highest BCUT2D eigenvalue weighted by atomic mass is 19.4. The number of nitrogens with zero attached hydrogens (tertiary/aromatic N) is 1. The van der Waals surface area contributed by atoms with Crippen molar-refractivity contribution >= 4 is 17.8 Å².